The van der Waals surface area contributed by atoms with E-state index < -0.39 is 0 Å². The van der Waals surface area contributed by atoms with Crippen LogP contribution in [0, 0.1) is 0 Å². The van der Waals surface area contributed by atoms with Gasteiger partial charge in [0.25, 0.3) is 0 Å². The Labute approximate surface area is 83.9 Å². The molecule has 0 aliphatic rings. The molecule has 1 aromatic heterocycles. The van der Waals surface area contributed by atoms with Crippen LogP contribution in [-0.4, -0.2) is 11.1 Å². The fourth-order valence-electron chi connectivity index (χ4n) is 0.965. The number of rotatable bonds is 3. The molecule has 1 rings (SSSR count). The van der Waals surface area contributed by atoms with Crippen LogP contribution in [0.1, 0.15) is 26.5 Å². The van der Waals surface area contributed by atoms with Crippen molar-refractivity contribution in [3.8, 4) is 5.88 Å². The Kier molecular flexibility index (Phi) is 3.55. The van der Waals surface area contributed by atoms with Crippen molar-refractivity contribution < 1.29 is 4.74 Å². The molecule has 0 aliphatic heterocycles. The summed E-state index contributed by atoms with van der Waals surface area (Å²) >= 11 is 5.91. The third-order valence-electron chi connectivity index (χ3n) is 1.58. The van der Waals surface area contributed by atoms with Crippen molar-refractivity contribution in [3.05, 3.63) is 22.8 Å². The highest BCUT2D eigenvalue weighted by molar-refractivity contribution is 6.31. The number of nitrogens with zero attached hydrogens (tertiary/aromatic N) is 1. The van der Waals surface area contributed by atoms with Crippen LogP contribution in [0.4, 0.5) is 0 Å². The van der Waals surface area contributed by atoms with Gasteiger partial charge in [0.2, 0.25) is 5.88 Å². The van der Waals surface area contributed by atoms with E-state index in [4.69, 9.17) is 16.3 Å². The van der Waals surface area contributed by atoms with E-state index >= 15 is 0 Å². The van der Waals surface area contributed by atoms with E-state index in [0.29, 0.717) is 10.9 Å². The molecule has 0 fully saturated rings. The van der Waals surface area contributed by atoms with E-state index in [0.717, 1.165) is 12.1 Å². The number of halogens is 1. The fraction of sp³-hybridized carbons (Fsp3) is 0.500. The Morgan fingerprint density at radius 1 is 1.46 bits per heavy atom. The van der Waals surface area contributed by atoms with Gasteiger partial charge in [0, 0.05) is 5.69 Å². The molecule has 13 heavy (non-hydrogen) atoms. The summed E-state index contributed by atoms with van der Waals surface area (Å²) in [6.45, 7) is 5.96. The Hall–Kier alpha value is -0.760. The summed E-state index contributed by atoms with van der Waals surface area (Å²) in [7, 11) is 0. The number of aryl methyl sites for hydroxylation is 1. The lowest BCUT2D eigenvalue weighted by molar-refractivity contribution is 0.232. The van der Waals surface area contributed by atoms with Crippen LogP contribution in [0.3, 0.4) is 0 Å². The molecule has 72 valence electrons. The quantitative estimate of drug-likeness (QED) is 0.747. The van der Waals surface area contributed by atoms with E-state index in [-0.39, 0.29) is 6.10 Å². The second-order valence-corrected chi connectivity index (χ2v) is 3.52. The highest BCUT2D eigenvalue weighted by Gasteiger charge is 2.05. The lowest BCUT2D eigenvalue weighted by atomic mass is 10.3. The maximum absolute atomic E-state index is 5.91. The van der Waals surface area contributed by atoms with Gasteiger partial charge in [-0.25, -0.2) is 4.98 Å². The molecule has 0 amide bonds. The average molecular weight is 200 g/mol. The van der Waals surface area contributed by atoms with Crippen molar-refractivity contribution in [2.45, 2.75) is 33.3 Å². The van der Waals surface area contributed by atoms with E-state index in [1.165, 1.54) is 0 Å². The highest BCUT2D eigenvalue weighted by atomic mass is 35.5. The molecular formula is C10H14ClNO. The molecule has 0 N–H and O–H groups in total. The SMILES string of the molecule is CCc1ccc(Cl)c(OC(C)C)n1. The van der Waals surface area contributed by atoms with Crippen LogP contribution in [0.2, 0.25) is 5.02 Å². The number of hydrogen-bond acceptors (Lipinski definition) is 2. The molecule has 0 aromatic carbocycles. The molecule has 0 saturated heterocycles. The van der Waals surface area contributed by atoms with Gasteiger partial charge < -0.3 is 4.74 Å². The van der Waals surface area contributed by atoms with Crippen LogP contribution in [0.5, 0.6) is 5.88 Å². The zero-order valence-corrected chi connectivity index (χ0v) is 8.93. The number of ether oxygens (including phenoxy) is 1. The van der Waals surface area contributed by atoms with Crippen LogP contribution in [-0.2, 0) is 6.42 Å². The van der Waals surface area contributed by atoms with Gasteiger partial charge in [0.1, 0.15) is 5.02 Å². The minimum absolute atomic E-state index is 0.108. The lowest BCUT2D eigenvalue weighted by Gasteiger charge is -2.10. The Bertz CT molecular complexity index is 286. The zero-order chi connectivity index (χ0) is 9.84. The third kappa shape index (κ3) is 2.88. The number of hydrogen-bond donors (Lipinski definition) is 0. The van der Waals surface area contributed by atoms with E-state index in [1.807, 2.05) is 26.0 Å². The molecular weight excluding hydrogens is 186 g/mol. The van der Waals surface area contributed by atoms with Crippen molar-refractivity contribution >= 4 is 11.6 Å². The normalized spacial score (nSPS) is 10.5. The standard InChI is InChI=1S/C10H14ClNO/c1-4-8-5-6-9(11)10(12-8)13-7(2)3/h5-7H,4H2,1-3H3. The molecule has 0 saturated carbocycles. The van der Waals surface area contributed by atoms with Gasteiger partial charge in [-0.15, -0.1) is 0 Å². The molecule has 0 unspecified atom stereocenters. The van der Waals surface area contributed by atoms with Crippen molar-refractivity contribution in [1.82, 2.24) is 4.98 Å². The molecule has 1 aromatic rings. The first-order chi connectivity index (χ1) is 6.13. The van der Waals surface area contributed by atoms with Crippen LogP contribution >= 0.6 is 11.6 Å². The number of aromatic nitrogens is 1. The van der Waals surface area contributed by atoms with Crippen LogP contribution in [0.25, 0.3) is 0 Å². The fourth-order valence-corrected chi connectivity index (χ4v) is 1.11. The minimum atomic E-state index is 0.108. The first-order valence-electron chi connectivity index (χ1n) is 4.45. The van der Waals surface area contributed by atoms with Crippen molar-refractivity contribution in [3.63, 3.8) is 0 Å². The van der Waals surface area contributed by atoms with E-state index in [9.17, 15) is 0 Å². The van der Waals surface area contributed by atoms with Crippen LogP contribution in [0.15, 0.2) is 12.1 Å². The second-order valence-electron chi connectivity index (χ2n) is 3.11. The summed E-state index contributed by atoms with van der Waals surface area (Å²) < 4.78 is 5.44. The molecule has 2 nitrogen and oxygen atoms in total. The van der Waals surface area contributed by atoms with E-state index in [1.54, 1.807) is 0 Å². The van der Waals surface area contributed by atoms with Gasteiger partial charge in [0.15, 0.2) is 0 Å². The second kappa shape index (κ2) is 4.47. The minimum Gasteiger partial charge on any atom is -0.474 e. The van der Waals surface area contributed by atoms with Crippen LogP contribution < -0.4 is 4.74 Å². The summed E-state index contributed by atoms with van der Waals surface area (Å²) in [6, 6.07) is 3.74. The van der Waals surface area contributed by atoms with Gasteiger partial charge in [-0.1, -0.05) is 18.5 Å². The van der Waals surface area contributed by atoms with Crippen molar-refractivity contribution in [2.24, 2.45) is 0 Å². The Morgan fingerprint density at radius 2 is 2.15 bits per heavy atom. The summed E-state index contributed by atoms with van der Waals surface area (Å²) in [5.41, 5.74) is 1.00. The first-order valence-corrected chi connectivity index (χ1v) is 4.83. The van der Waals surface area contributed by atoms with E-state index in [2.05, 4.69) is 11.9 Å². The summed E-state index contributed by atoms with van der Waals surface area (Å²) in [5.74, 6) is 0.538. The molecule has 0 atom stereocenters. The smallest absolute Gasteiger partial charge is 0.233 e. The molecule has 3 heteroatoms. The highest BCUT2D eigenvalue weighted by Crippen LogP contribution is 2.22. The summed E-state index contributed by atoms with van der Waals surface area (Å²) in [6.07, 6.45) is 1.00. The molecule has 0 radical (unpaired) electrons. The van der Waals surface area contributed by atoms with Gasteiger partial charge in [-0.05, 0) is 32.4 Å². The summed E-state index contributed by atoms with van der Waals surface area (Å²) in [4.78, 5) is 4.28. The monoisotopic (exact) mass is 199 g/mol. The summed E-state index contributed by atoms with van der Waals surface area (Å²) in [5, 5.41) is 0.575. The van der Waals surface area contributed by atoms with Gasteiger partial charge in [0.05, 0.1) is 6.10 Å². The maximum atomic E-state index is 5.91. The first kappa shape index (κ1) is 10.3. The Morgan fingerprint density at radius 3 is 2.69 bits per heavy atom. The Balaban J connectivity index is 2.90. The van der Waals surface area contributed by atoms with Gasteiger partial charge in [-0.2, -0.15) is 0 Å². The predicted molar refractivity (Wildman–Crippen MR) is 54.4 cm³/mol. The van der Waals surface area contributed by atoms with Gasteiger partial charge >= 0.3 is 0 Å². The number of pyridine rings is 1. The van der Waals surface area contributed by atoms with Crippen molar-refractivity contribution in [1.29, 1.82) is 0 Å². The maximum Gasteiger partial charge on any atom is 0.233 e. The van der Waals surface area contributed by atoms with Crippen molar-refractivity contribution in [2.75, 3.05) is 0 Å². The molecule has 0 spiro atoms. The lowest BCUT2D eigenvalue weighted by Crippen LogP contribution is -2.08. The topological polar surface area (TPSA) is 22.1 Å². The van der Waals surface area contributed by atoms with Gasteiger partial charge in [-0.3, -0.25) is 0 Å². The predicted octanol–water partition coefficient (Wildman–Crippen LogP) is 3.08. The third-order valence-corrected chi connectivity index (χ3v) is 1.87. The molecule has 1 heterocycles. The zero-order valence-electron chi connectivity index (χ0n) is 8.17. The molecule has 0 aliphatic carbocycles. The largest absolute Gasteiger partial charge is 0.474 e. The average Bonchev–Trinajstić information content (AvgIpc) is 2.08. The molecule has 0 bridgehead atoms.